The van der Waals surface area contributed by atoms with Crippen LogP contribution in [0.3, 0.4) is 0 Å². The lowest BCUT2D eigenvalue weighted by molar-refractivity contribution is -0.118. The van der Waals surface area contributed by atoms with E-state index in [-0.39, 0.29) is 17.2 Å². The van der Waals surface area contributed by atoms with Gasteiger partial charge in [0.25, 0.3) is 0 Å². The van der Waals surface area contributed by atoms with Crippen LogP contribution in [0.15, 0.2) is 48.7 Å². The summed E-state index contributed by atoms with van der Waals surface area (Å²) < 4.78 is 21.6. The zero-order valence-electron chi connectivity index (χ0n) is 21.2. The first kappa shape index (κ1) is 24.4. The number of benzene rings is 2. The topological polar surface area (TPSA) is 78.9 Å². The second kappa shape index (κ2) is 10.3. The number of hydrogen-bond donors (Lipinski definition) is 1. The van der Waals surface area contributed by atoms with Crippen LogP contribution in [0.4, 0.5) is 5.69 Å². The molecule has 2 saturated carbocycles. The average Bonchev–Trinajstić information content (AvgIpc) is 3.62. The zero-order chi connectivity index (χ0) is 25.1. The van der Waals surface area contributed by atoms with Crippen LogP contribution in [0.2, 0.25) is 0 Å². The highest BCUT2D eigenvalue weighted by Gasteiger charge is 2.58. The molecule has 1 heterocycles. The Kier molecular flexibility index (Phi) is 7.01. The minimum atomic E-state index is 0.0922. The molecule has 0 saturated heterocycles. The zero-order valence-corrected chi connectivity index (χ0v) is 21.2. The lowest BCUT2D eigenvalue weighted by Crippen LogP contribution is -2.22. The van der Waals surface area contributed by atoms with Gasteiger partial charge in [0.05, 0.1) is 26.3 Å². The molecule has 2 fully saturated rings. The Labute approximate surface area is 212 Å². The SMILES string of the molecule is COCCOc1ccc(NC(=O)C2CC23CCC(c2ccnc4cc(OC)c(OC)cc24)CC3)cc1. The lowest BCUT2D eigenvalue weighted by Gasteiger charge is -2.30. The summed E-state index contributed by atoms with van der Waals surface area (Å²) >= 11 is 0. The monoisotopic (exact) mass is 490 g/mol. The summed E-state index contributed by atoms with van der Waals surface area (Å²) in [4.78, 5) is 17.6. The molecule has 2 aliphatic rings. The maximum absolute atomic E-state index is 13.0. The van der Waals surface area contributed by atoms with Crippen LogP contribution in [0, 0.1) is 11.3 Å². The van der Waals surface area contributed by atoms with E-state index < -0.39 is 0 Å². The normalized spacial score (nSPS) is 22.9. The van der Waals surface area contributed by atoms with Gasteiger partial charge < -0.3 is 24.3 Å². The number of ether oxygens (including phenoxy) is 4. The summed E-state index contributed by atoms with van der Waals surface area (Å²) in [5.74, 6) is 2.86. The van der Waals surface area contributed by atoms with E-state index in [1.807, 2.05) is 42.6 Å². The number of aromatic nitrogens is 1. The van der Waals surface area contributed by atoms with E-state index in [1.165, 1.54) is 5.56 Å². The van der Waals surface area contributed by atoms with Crippen LogP contribution < -0.4 is 19.5 Å². The molecule has 2 aliphatic carbocycles. The Morgan fingerprint density at radius 2 is 1.72 bits per heavy atom. The van der Waals surface area contributed by atoms with Crippen LogP contribution in [0.25, 0.3) is 10.9 Å². The second-order valence-corrected chi connectivity index (χ2v) is 9.87. The molecule has 0 radical (unpaired) electrons. The Morgan fingerprint density at radius 1 is 1.00 bits per heavy atom. The van der Waals surface area contributed by atoms with Crippen molar-refractivity contribution >= 4 is 22.5 Å². The number of nitrogens with one attached hydrogen (secondary N) is 1. The molecule has 1 amide bonds. The molecule has 36 heavy (non-hydrogen) atoms. The summed E-state index contributed by atoms with van der Waals surface area (Å²) in [5.41, 5.74) is 3.19. The molecule has 1 aromatic heterocycles. The molecule has 1 unspecified atom stereocenters. The third kappa shape index (κ3) is 4.85. The van der Waals surface area contributed by atoms with E-state index in [2.05, 4.69) is 16.4 Å². The minimum absolute atomic E-state index is 0.0922. The minimum Gasteiger partial charge on any atom is -0.493 e. The standard InChI is InChI=1S/C29H34N2O5/c1-33-14-15-36-21-6-4-20(5-7-21)31-28(32)24-18-29(24)11-8-19(9-12-29)22-10-13-30-25-17-27(35-3)26(34-2)16-23(22)25/h4-7,10,13,16-17,19,24H,8-9,11-12,14-15,18H2,1-3H3,(H,31,32). The van der Waals surface area contributed by atoms with Crippen LogP contribution in [0.5, 0.6) is 17.2 Å². The van der Waals surface area contributed by atoms with Gasteiger partial charge in [0.15, 0.2) is 11.5 Å². The van der Waals surface area contributed by atoms with E-state index in [0.717, 1.165) is 60.2 Å². The molecule has 7 nitrogen and oxygen atoms in total. The van der Waals surface area contributed by atoms with Crippen molar-refractivity contribution in [2.75, 3.05) is 39.9 Å². The van der Waals surface area contributed by atoms with Gasteiger partial charge in [-0.1, -0.05) is 0 Å². The Balaban J connectivity index is 1.20. The highest BCUT2D eigenvalue weighted by atomic mass is 16.5. The van der Waals surface area contributed by atoms with Crippen molar-refractivity contribution in [3.05, 3.63) is 54.2 Å². The first-order chi connectivity index (χ1) is 17.6. The van der Waals surface area contributed by atoms with Crippen molar-refractivity contribution in [3.8, 4) is 17.2 Å². The summed E-state index contributed by atoms with van der Waals surface area (Å²) in [6.45, 7) is 1.05. The summed E-state index contributed by atoms with van der Waals surface area (Å²) in [7, 11) is 4.95. The molecule has 1 atom stereocenters. The first-order valence-electron chi connectivity index (χ1n) is 12.6. The molecule has 5 rings (SSSR count). The molecular weight excluding hydrogens is 456 g/mol. The Morgan fingerprint density at radius 3 is 2.42 bits per heavy atom. The predicted octanol–water partition coefficient (Wildman–Crippen LogP) is 5.58. The molecule has 1 spiro atoms. The fraction of sp³-hybridized carbons (Fsp3) is 0.448. The van der Waals surface area contributed by atoms with Crippen molar-refractivity contribution in [2.24, 2.45) is 11.3 Å². The lowest BCUT2D eigenvalue weighted by atomic mass is 9.75. The van der Waals surface area contributed by atoms with Gasteiger partial charge in [-0.3, -0.25) is 9.78 Å². The first-order valence-corrected chi connectivity index (χ1v) is 12.6. The third-order valence-corrected chi connectivity index (χ3v) is 7.89. The van der Waals surface area contributed by atoms with E-state index in [9.17, 15) is 4.79 Å². The van der Waals surface area contributed by atoms with E-state index in [4.69, 9.17) is 18.9 Å². The highest BCUT2D eigenvalue weighted by Crippen LogP contribution is 2.63. The fourth-order valence-electron chi connectivity index (χ4n) is 5.73. The van der Waals surface area contributed by atoms with Gasteiger partial charge in [0, 0.05) is 36.4 Å². The molecule has 0 bridgehead atoms. The van der Waals surface area contributed by atoms with Gasteiger partial charge in [-0.15, -0.1) is 0 Å². The largest absolute Gasteiger partial charge is 0.493 e. The van der Waals surface area contributed by atoms with E-state index >= 15 is 0 Å². The van der Waals surface area contributed by atoms with Crippen LogP contribution in [-0.2, 0) is 9.53 Å². The van der Waals surface area contributed by atoms with Gasteiger partial charge in [0.2, 0.25) is 5.91 Å². The number of pyridine rings is 1. The van der Waals surface area contributed by atoms with Crippen molar-refractivity contribution in [1.29, 1.82) is 0 Å². The van der Waals surface area contributed by atoms with Gasteiger partial charge >= 0.3 is 0 Å². The molecule has 7 heteroatoms. The number of fused-ring (bicyclic) bond motifs is 1. The van der Waals surface area contributed by atoms with Crippen LogP contribution in [0.1, 0.15) is 43.6 Å². The molecule has 3 aromatic rings. The quantitative estimate of drug-likeness (QED) is 0.395. The van der Waals surface area contributed by atoms with Gasteiger partial charge in [0.1, 0.15) is 12.4 Å². The van der Waals surface area contributed by atoms with Crippen molar-refractivity contribution < 1.29 is 23.7 Å². The van der Waals surface area contributed by atoms with Crippen molar-refractivity contribution in [3.63, 3.8) is 0 Å². The predicted molar refractivity (Wildman–Crippen MR) is 139 cm³/mol. The fourth-order valence-corrected chi connectivity index (χ4v) is 5.73. The third-order valence-electron chi connectivity index (χ3n) is 7.89. The maximum Gasteiger partial charge on any atom is 0.228 e. The average molecular weight is 491 g/mol. The number of carbonyl (C=O) groups is 1. The number of nitrogens with zero attached hydrogens (tertiary/aromatic N) is 1. The smallest absolute Gasteiger partial charge is 0.228 e. The summed E-state index contributed by atoms with van der Waals surface area (Å²) in [6.07, 6.45) is 7.15. The van der Waals surface area contributed by atoms with Gasteiger partial charge in [-0.25, -0.2) is 0 Å². The number of methoxy groups -OCH3 is 3. The highest BCUT2D eigenvalue weighted by molar-refractivity contribution is 5.95. The molecule has 1 N–H and O–H groups in total. The number of amides is 1. The summed E-state index contributed by atoms with van der Waals surface area (Å²) in [6, 6.07) is 13.7. The number of carbonyl (C=O) groups excluding carboxylic acids is 1. The Bertz CT molecular complexity index is 1220. The van der Waals surface area contributed by atoms with Gasteiger partial charge in [-0.05, 0) is 85.4 Å². The van der Waals surface area contributed by atoms with Crippen LogP contribution >= 0.6 is 0 Å². The van der Waals surface area contributed by atoms with Crippen molar-refractivity contribution in [1.82, 2.24) is 4.98 Å². The van der Waals surface area contributed by atoms with Crippen LogP contribution in [-0.4, -0.2) is 45.4 Å². The molecule has 190 valence electrons. The van der Waals surface area contributed by atoms with Gasteiger partial charge in [-0.2, -0.15) is 0 Å². The molecule has 0 aliphatic heterocycles. The number of rotatable bonds is 9. The second-order valence-electron chi connectivity index (χ2n) is 9.87. The van der Waals surface area contributed by atoms with Crippen molar-refractivity contribution in [2.45, 2.75) is 38.0 Å². The number of hydrogen-bond acceptors (Lipinski definition) is 6. The molecule has 2 aromatic carbocycles. The van der Waals surface area contributed by atoms with E-state index in [0.29, 0.717) is 24.9 Å². The van der Waals surface area contributed by atoms with E-state index in [1.54, 1.807) is 21.3 Å². The number of anilines is 1. The maximum atomic E-state index is 13.0. The molecular formula is C29H34N2O5. The Hall–Kier alpha value is -3.32. The summed E-state index contributed by atoms with van der Waals surface area (Å²) in [5, 5.41) is 4.23.